The Balaban J connectivity index is 2.49. The lowest BCUT2D eigenvalue weighted by atomic mass is 10.0. The first kappa shape index (κ1) is 15.1. The van der Waals surface area contributed by atoms with E-state index in [-0.39, 0.29) is 6.54 Å². The van der Waals surface area contributed by atoms with Crippen LogP contribution in [0, 0.1) is 5.82 Å². The molecule has 0 bridgehead atoms. The van der Waals surface area contributed by atoms with Crippen molar-refractivity contribution in [2.24, 2.45) is 0 Å². The standard InChI is InChI=1S/C13H17FN2O3/c1-3-13(2,19)8-15-11(17)12(18)16-10-6-4-9(14)5-7-10/h4-7,19H,3,8H2,1-2H3,(H,15,17)(H,16,18)/t13-/m1/s1. The minimum Gasteiger partial charge on any atom is -0.388 e. The number of anilines is 1. The molecule has 0 aliphatic heterocycles. The molecule has 0 aliphatic rings. The number of aliphatic hydroxyl groups is 1. The molecule has 104 valence electrons. The number of amides is 2. The van der Waals surface area contributed by atoms with Crippen LogP contribution in [0.25, 0.3) is 0 Å². The van der Waals surface area contributed by atoms with Crippen LogP contribution in [0.5, 0.6) is 0 Å². The van der Waals surface area contributed by atoms with Crippen molar-refractivity contribution in [1.29, 1.82) is 0 Å². The lowest BCUT2D eigenvalue weighted by molar-refractivity contribution is -0.136. The molecule has 6 heteroatoms. The van der Waals surface area contributed by atoms with Gasteiger partial charge in [0.1, 0.15) is 5.82 Å². The van der Waals surface area contributed by atoms with E-state index < -0.39 is 23.2 Å². The molecule has 3 N–H and O–H groups in total. The second-order valence-electron chi connectivity index (χ2n) is 4.49. The molecule has 2 amide bonds. The van der Waals surface area contributed by atoms with Gasteiger partial charge in [-0.15, -0.1) is 0 Å². The summed E-state index contributed by atoms with van der Waals surface area (Å²) in [4.78, 5) is 23.0. The Morgan fingerprint density at radius 3 is 2.37 bits per heavy atom. The number of carbonyl (C=O) groups excluding carboxylic acids is 2. The van der Waals surface area contributed by atoms with Crippen molar-refractivity contribution in [3.8, 4) is 0 Å². The normalized spacial score (nSPS) is 13.5. The second kappa shape index (κ2) is 6.29. The molecule has 1 atom stereocenters. The van der Waals surface area contributed by atoms with Crippen LogP contribution < -0.4 is 10.6 Å². The Morgan fingerprint density at radius 2 is 1.84 bits per heavy atom. The smallest absolute Gasteiger partial charge is 0.313 e. The van der Waals surface area contributed by atoms with Crippen LogP contribution in [0.15, 0.2) is 24.3 Å². The van der Waals surface area contributed by atoms with Gasteiger partial charge in [0, 0.05) is 12.2 Å². The van der Waals surface area contributed by atoms with Gasteiger partial charge in [-0.05, 0) is 37.6 Å². The molecular formula is C13H17FN2O3. The third-order valence-corrected chi connectivity index (χ3v) is 2.70. The predicted octanol–water partition coefficient (Wildman–Crippen LogP) is 1.04. The van der Waals surface area contributed by atoms with Gasteiger partial charge in [0.2, 0.25) is 0 Å². The maximum Gasteiger partial charge on any atom is 0.313 e. The summed E-state index contributed by atoms with van der Waals surface area (Å²) in [5.74, 6) is -2.14. The van der Waals surface area contributed by atoms with Crippen molar-refractivity contribution in [3.05, 3.63) is 30.1 Å². The van der Waals surface area contributed by atoms with Crippen LogP contribution in [0.4, 0.5) is 10.1 Å². The fourth-order valence-corrected chi connectivity index (χ4v) is 1.20. The summed E-state index contributed by atoms with van der Waals surface area (Å²) in [6.45, 7) is 3.31. The van der Waals surface area contributed by atoms with E-state index in [4.69, 9.17) is 0 Å². The summed E-state index contributed by atoms with van der Waals surface area (Å²) in [6, 6.07) is 5.05. The summed E-state index contributed by atoms with van der Waals surface area (Å²) in [5.41, 5.74) is -0.727. The second-order valence-corrected chi connectivity index (χ2v) is 4.49. The highest BCUT2D eigenvalue weighted by Gasteiger charge is 2.21. The SMILES string of the molecule is CC[C@@](C)(O)CNC(=O)C(=O)Nc1ccc(F)cc1. The Hall–Kier alpha value is -1.95. The molecule has 1 aromatic rings. The zero-order valence-electron chi connectivity index (χ0n) is 10.9. The van der Waals surface area contributed by atoms with Crippen molar-refractivity contribution in [1.82, 2.24) is 5.32 Å². The highest BCUT2D eigenvalue weighted by atomic mass is 19.1. The molecule has 1 rings (SSSR count). The van der Waals surface area contributed by atoms with Crippen LogP contribution in [0.2, 0.25) is 0 Å². The minimum absolute atomic E-state index is 0.0147. The van der Waals surface area contributed by atoms with Crippen molar-refractivity contribution >= 4 is 17.5 Å². The van der Waals surface area contributed by atoms with Gasteiger partial charge in [0.05, 0.1) is 5.60 Å². The highest BCUT2D eigenvalue weighted by molar-refractivity contribution is 6.39. The monoisotopic (exact) mass is 268 g/mol. The molecule has 0 fully saturated rings. The number of benzene rings is 1. The number of hydrogen-bond donors (Lipinski definition) is 3. The molecule has 0 aliphatic carbocycles. The Kier molecular flexibility index (Phi) is 5.00. The van der Waals surface area contributed by atoms with E-state index >= 15 is 0 Å². The van der Waals surface area contributed by atoms with E-state index in [0.29, 0.717) is 12.1 Å². The van der Waals surface area contributed by atoms with E-state index in [1.54, 1.807) is 13.8 Å². The minimum atomic E-state index is -1.05. The molecule has 0 spiro atoms. The Labute approximate surface area is 110 Å². The van der Waals surface area contributed by atoms with Crippen molar-refractivity contribution in [2.75, 3.05) is 11.9 Å². The average Bonchev–Trinajstić information content (AvgIpc) is 2.38. The molecule has 0 aromatic heterocycles. The summed E-state index contributed by atoms with van der Waals surface area (Å²) in [5, 5.41) is 14.3. The Morgan fingerprint density at radius 1 is 1.26 bits per heavy atom. The van der Waals surface area contributed by atoms with E-state index in [1.165, 1.54) is 24.3 Å². The third-order valence-electron chi connectivity index (χ3n) is 2.70. The van der Waals surface area contributed by atoms with Gasteiger partial charge < -0.3 is 15.7 Å². The summed E-state index contributed by atoms with van der Waals surface area (Å²) in [6.07, 6.45) is 0.451. The lowest BCUT2D eigenvalue weighted by Crippen LogP contribution is -2.44. The first-order valence-corrected chi connectivity index (χ1v) is 5.91. The maximum absolute atomic E-state index is 12.7. The van der Waals surface area contributed by atoms with Crippen LogP contribution in [-0.2, 0) is 9.59 Å². The topological polar surface area (TPSA) is 78.4 Å². The van der Waals surface area contributed by atoms with Crippen LogP contribution in [-0.4, -0.2) is 29.1 Å². The highest BCUT2D eigenvalue weighted by Crippen LogP contribution is 2.08. The van der Waals surface area contributed by atoms with Crippen molar-refractivity contribution < 1.29 is 19.1 Å². The first-order valence-electron chi connectivity index (χ1n) is 5.91. The quantitative estimate of drug-likeness (QED) is 0.714. The largest absolute Gasteiger partial charge is 0.388 e. The molecule has 0 radical (unpaired) electrons. The molecule has 0 heterocycles. The molecule has 5 nitrogen and oxygen atoms in total. The van der Waals surface area contributed by atoms with Gasteiger partial charge >= 0.3 is 11.8 Å². The van der Waals surface area contributed by atoms with Gasteiger partial charge in [-0.1, -0.05) is 6.92 Å². The zero-order chi connectivity index (χ0) is 14.5. The van der Waals surface area contributed by atoms with Gasteiger partial charge in [-0.3, -0.25) is 9.59 Å². The number of nitrogens with one attached hydrogen (secondary N) is 2. The molecule has 0 unspecified atom stereocenters. The average molecular weight is 268 g/mol. The first-order chi connectivity index (χ1) is 8.84. The summed E-state index contributed by atoms with van der Waals surface area (Å²) < 4.78 is 12.7. The van der Waals surface area contributed by atoms with Crippen molar-refractivity contribution in [2.45, 2.75) is 25.9 Å². The number of halogens is 1. The van der Waals surface area contributed by atoms with Gasteiger partial charge in [0.25, 0.3) is 0 Å². The maximum atomic E-state index is 12.7. The van der Waals surface area contributed by atoms with E-state index in [9.17, 15) is 19.1 Å². The third kappa shape index (κ3) is 5.05. The summed E-state index contributed by atoms with van der Waals surface area (Å²) in [7, 11) is 0. The van der Waals surface area contributed by atoms with Gasteiger partial charge in [-0.25, -0.2) is 4.39 Å². The van der Waals surface area contributed by atoms with Crippen LogP contribution in [0.3, 0.4) is 0 Å². The molecule has 19 heavy (non-hydrogen) atoms. The fraction of sp³-hybridized carbons (Fsp3) is 0.385. The lowest BCUT2D eigenvalue weighted by Gasteiger charge is -2.21. The zero-order valence-corrected chi connectivity index (χ0v) is 10.9. The van der Waals surface area contributed by atoms with E-state index in [1.807, 2.05) is 0 Å². The molecule has 1 aromatic carbocycles. The van der Waals surface area contributed by atoms with Gasteiger partial charge in [0.15, 0.2) is 0 Å². The van der Waals surface area contributed by atoms with Crippen LogP contribution >= 0.6 is 0 Å². The number of carbonyl (C=O) groups is 2. The molecule has 0 saturated carbocycles. The number of rotatable bonds is 4. The van der Waals surface area contributed by atoms with E-state index in [2.05, 4.69) is 10.6 Å². The number of hydrogen-bond acceptors (Lipinski definition) is 3. The van der Waals surface area contributed by atoms with Crippen LogP contribution in [0.1, 0.15) is 20.3 Å². The predicted molar refractivity (Wildman–Crippen MR) is 69.0 cm³/mol. The van der Waals surface area contributed by atoms with Gasteiger partial charge in [-0.2, -0.15) is 0 Å². The Bertz CT molecular complexity index is 457. The summed E-state index contributed by atoms with van der Waals surface area (Å²) >= 11 is 0. The molecule has 0 saturated heterocycles. The fourth-order valence-electron chi connectivity index (χ4n) is 1.20. The molecular weight excluding hydrogens is 251 g/mol. The van der Waals surface area contributed by atoms with E-state index in [0.717, 1.165) is 0 Å². The van der Waals surface area contributed by atoms with Crippen molar-refractivity contribution in [3.63, 3.8) is 0 Å².